The van der Waals surface area contributed by atoms with Gasteiger partial charge in [-0.3, -0.25) is 0 Å². The van der Waals surface area contributed by atoms with Crippen molar-refractivity contribution in [2.24, 2.45) is 16.1 Å². The largest absolute Gasteiger partial charge is 0.163 e. The summed E-state index contributed by atoms with van der Waals surface area (Å²) in [6.07, 6.45) is 2.82. The van der Waals surface area contributed by atoms with E-state index in [1.165, 1.54) is 0 Å². The van der Waals surface area contributed by atoms with E-state index in [0.29, 0.717) is 5.92 Å². The number of nitrogens with zero attached hydrogens (tertiary/aromatic N) is 2. The molecule has 2 nitrogen and oxygen atoms in total. The Hall–Kier alpha value is -1.15. The van der Waals surface area contributed by atoms with E-state index < -0.39 is 0 Å². The Bertz CT molecular complexity index is 379. The first-order valence-corrected chi connectivity index (χ1v) is 4.99. The van der Waals surface area contributed by atoms with Gasteiger partial charge in [0.05, 0.1) is 5.71 Å². The molecule has 0 bridgehead atoms. The van der Waals surface area contributed by atoms with Crippen LogP contribution < -0.4 is 0 Å². The topological polar surface area (TPSA) is 24.7 Å². The van der Waals surface area contributed by atoms with Gasteiger partial charge in [-0.15, -0.1) is 0 Å². The Morgan fingerprint density at radius 1 is 1.29 bits per heavy atom. The van der Waals surface area contributed by atoms with Crippen molar-refractivity contribution in [2.75, 3.05) is 0 Å². The number of benzene rings is 1. The van der Waals surface area contributed by atoms with Gasteiger partial charge in [0.2, 0.25) is 0 Å². The fraction of sp³-hybridized carbons (Fsp3) is 0.273. The fourth-order valence-corrected chi connectivity index (χ4v) is 1.56. The third-order valence-electron chi connectivity index (χ3n) is 2.19. The van der Waals surface area contributed by atoms with Crippen molar-refractivity contribution in [3.63, 3.8) is 0 Å². The molecule has 1 aromatic carbocycles. The molecule has 14 heavy (non-hydrogen) atoms. The average Bonchev–Trinajstić information content (AvgIpc) is 2.19. The molecule has 0 saturated heterocycles. The summed E-state index contributed by atoms with van der Waals surface area (Å²) < 4.78 is 0. The maximum atomic E-state index is 5.81. The molecule has 0 radical (unpaired) electrons. The van der Waals surface area contributed by atoms with Crippen molar-refractivity contribution in [3.05, 3.63) is 34.9 Å². The molecule has 1 unspecified atom stereocenters. The minimum absolute atomic E-state index is 0.471. The number of rotatable bonds is 1. The summed E-state index contributed by atoms with van der Waals surface area (Å²) >= 11 is 5.81. The summed E-state index contributed by atoms with van der Waals surface area (Å²) in [5.74, 6) is 0.471. The van der Waals surface area contributed by atoms with Gasteiger partial charge < -0.3 is 0 Å². The standard InChI is InChI=1S/C11H11ClN2/c1-8-6-11(14-13-7-8)9-2-4-10(12)5-3-9/h2-5,7-8H,6H2,1H3. The third-order valence-corrected chi connectivity index (χ3v) is 2.44. The summed E-state index contributed by atoms with van der Waals surface area (Å²) in [5, 5.41) is 8.84. The molecule has 0 fully saturated rings. The smallest absolute Gasteiger partial charge is 0.0708 e. The Kier molecular flexibility index (Phi) is 2.64. The fourth-order valence-electron chi connectivity index (χ4n) is 1.43. The second kappa shape index (κ2) is 3.93. The first-order chi connectivity index (χ1) is 6.75. The molecule has 1 aliphatic heterocycles. The highest BCUT2D eigenvalue weighted by Crippen LogP contribution is 2.16. The van der Waals surface area contributed by atoms with Crippen LogP contribution in [0.3, 0.4) is 0 Å². The van der Waals surface area contributed by atoms with Crippen LogP contribution in [0, 0.1) is 5.92 Å². The van der Waals surface area contributed by atoms with Crippen LogP contribution in [-0.2, 0) is 0 Å². The normalized spacial score (nSPS) is 20.7. The van der Waals surface area contributed by atoms with Crippen molar-refractivity contribution < 1.29 is 0 Å². The minimum Gasteiger partial charge on any atom is -0.163 e. The lowest BCUT2D eigenvalue weighted by Crippen LogP contribution is -2.11. The van der Waals surface area contributed by atoms with Crippen LogP contribution in [0.4, 0.5) is 0 Å². The quantitative estimate of drug-likeness (QED) is 0.675. The maximum absolute atomic E-state index is 5.81. The van der Waals surface area contributed by atoms with Gasteiger partial charge in [0.25, 0.3) is 0 Å². The summed E-state index contributed by atoms with van der Waals surface area (Å²) in [4.78, 5) is 0. The van der Waals surface area contributed by atoms with E-state index in [1.807, 2.05) is 30.5 Å². The van der Waals surface area contributed by atoms with Crippen molar-refractivity contribution >= 4 is 23.5 Å². The van der Waals surface area contributed by atoms with E-state index >= 15 is 0 Å². The second-order valence-corrected chi connectivity index (χ2v) is 3.94. The molecular formula is C11H11ClN2. The Labute approximate surface area is 88.3 Å². The van der Waals surface area contributed by atoms with Crippen molar-refractivity contribution in [1.29, 1.82) is 0 Å². The average molecular weight is 207 g/mol. The summed E-state index contributed by atoms with van der Waals surface area (Å²) in [5.41, 5.74) is 2.15. The molecule has 1 atom stereocenters. The molecule has 0 aromatic heterocycles. The van der Waals surface area contributed by atoms with Gasteiger partial charge in [-0.05, 0) is 30.0 Å². The van der Waals surface area contributed by atoms with E-state index in [9.17, 15) is 0 Å². The number of hydrogen-bond donors (Lipinski definition) is 0. The molecule has 3 heteroatoms. The van der Waals surface area contributed by atoms with Crippen LogP contribution in [-0.4, -0.2) is 11.9 Å². The third kappa shape index (κ3) is 2.02. The van der Waals surface area contributed by atoms with Crippen LogP contribution in [0.1, 0.15) is 18.9 Å². The number of halogens is 1. The van der Waals surface area contributed by atoms with E-state index in [0.717, 1.165) is 22.7 Å². The van der Waals surface area contributed by atoms with Crippen molar-refractivity contribution in [2.45, 2.75) is 13.3 Å². The zero-order chi connectivity index (χ0) is 9.97. The van der Waals surface area contributed by atoms with Gasteiger partial charge in [0, 0.05) is 11.2 Å². The van der Waals surface area contributed by atoms with Gasteiger partial charge in [-0.2, -0.15) is 10.2 Å². The summed E-state index contributed by atoms with van der Waals surface area (Å²) in [6, 6.07) is 7.72. The lowest BCUT2D eigenvalue weighted by atomic mass is 9.99. The molecule has 0 spiro atoms. The second-order valence-electron chi connectivity index (χ2n) is 3.50. The van der Waals surface area contributed by atoms with E-state index in [2.05, 4.69) is 17.1 Å². The lowest BCUT2D eigenvalue weighted by molar-refractivity contribution is 0.809. The maximum Gasteiger partial charge on any atom is 0.0708 e. The summed E-state index contributed by atoms with van der Waals surface area (Å²) in [7, 11) is 0. The number of hydrogen-bond acceptors (Lipinski definition) is 2. The summed E-state index contributed by atoms with van der Waals surface area (Å²) in [6.45, 7) is 2.13. The predicted molar refractivity (Wildman–Crippen MR) is 60.3 cm³/mol. The van der Waals surface area contributed by atoms with Crippen LogP contribution in [0.5, 0.6) is 0 Å². The molecule has 2 rings (SSSR count). The molecule has 1 aromatic rings. The van der Waals surface area contributed by atoms with Gasteiger partial charge in [-0.25, -0.2) is 0 Å². The zero-order valence-corrected chi connectivity index (χ0v) is 8.70. The highest BCUT2D eigenvalue weighted by atomic mass is 35.5. The predicted octanol–water partition coefficient (Wildman–Crippen LogP) is 3.15. The van der Waals surface area contributed by atoms with Crippen LogP contribution in [0.15, 0.2) is 34.5 Å². The molecule has 0 saturated carbocycles. The molecule has 0 amide bonds. The monoisotopic (exact) mass is 206 g/mol. The van der Waals surface area contributed by atoms with Crippen LogP contribution in [0.2, 0.25) is 5.02 Å². The van der Waals surface area contributed by atoms with Gasteiger partial charge in [0.15, 0.2) is 0 Å². The van der Waals surface area contributed by atoms with E-state index in [4.69, 9.17) is 11.6 Å². The Balaban J connectivity index is 2.27. The van der Waals surface area contributed by atoms with Crippen LogP contribution in [0.25, 0.3) is 0 Å². The highest BCUT2D eigenvalue weighted by molar-refractivity contribution is 6.30. The van der Waals surface area contributed by atoms with Crippen molar-refractivity contribution in [3.8, 4) is 0 Å². The van der Waals surface area contributed by atoms with Gasteiger partial charge in [-0.1, -0.05) is 30.7 Å². The van der Waals surface area contributed by atoms with E-state index in [1.54, 1.807) is 0 Å². The molecule has 0 N–H and O–H groups in total. The van der Waals surface area contributed by atoms with E-state index in [-0.39, 0.29) is 0 Å². The molecule has 1 aliphatic rings. The molecular weight excluding hydrogens is 196 g/mol. The minimum atomic E-state index is 0.471. The Morgan fingerprint density at radius 2 is 2.00 bits per heavy atom. The first-order valence-electron chi connectivity index (χ1n) is 4.61. The SMILES string of the molecule is CC1C=NN=C(c2ccc(Cl)cc2)C1. The highest BCUT2D eigenvalue weighted by Gasteiger charge is 2.11. The zero-order valence-electron chi connectivity index (χ0n) is 7.94. The lowest BCUT2D eigenvalue weighted by Gasteiger charge is -2.11. The van der Waals surface area contributed by atoms with Gasteiger partial charge >= 0.3 is 0 Å². The van der Waals surface area contributed by atoms with Gasteiger partial charge in [0.1, 0.15) is 0 Å². The first kappa shape index (κ1) is 9.41. The molecule has 1 heterocycles. The molecule has 72 valence electrons. The van der Waals surface area contributed by atoms with Crippen LogP contribution >= 0.6 is 11.6 Å². The Morgan fingerprint density at radius 3 is 2.64 bits per heavy atom. The van der Waals surface area contributed by atoms with Crippen molar-refractivity contribution in [1.82, 2.24) is 0 Å². The molecule has 0 aliphatic carbocycles.